The number of nitrogens with zero attached hydrogens (tertiary/aromatic N) is 1. The minimum atomic E-state index is 1.07. The van der Waals surface area contributed by atoms with Gasteiger partial charge in [0.2, 0.25) is 0 Å². The minimum Gasteiger partial charge on any atom is -0.266 e. The molecule has 0 aromatic heterocycles. The van der Waals surface area contributed by atoms with Gasteiger partial charge in [-0.25, -0.2) is 0 Å². The van der Waals surface area contributed by atoms with Gasteiger partial charge in [-0.05, 0) is 25.8 Å². The molecule has 1 heteroatoms. The lowest BCUT2D eigenvalue weighted by molar-refractivity contribution is 0.929. The van der Waals surface area contributed by atoms with Crippen molar-refractivity contribution in [3.05, 3.63) is 24.4 Å². The van der Waals surface area contributed by atoms with Crippen LogP contribution in [0.25, 0.3) is 0 Å². The molecule has 0 heterocycles. The highest BCUT2D eigenvalue weighted by Crippen LogP contribution is 2.03. The second-order valence-electron chi connectivity index (χ2n) is 3.34. The topological polar surface area (TPSA) is 12.4 Å². The number of allylic oxidation sites excluding steroid dienone is 2. The van der Waals surface area contributed by atoms with E-state index in [0.717, 1.165) is 24.8 Å². The molecule has 0 aliphatic rings. The summed E-state index contributed by atoms with van der Waals surface area (Å²) in [4.78, 5) is 4.31. The molecule has 0 aromatic carbocycles. The molecule has 0 N–H and O–H groups in total. The third-order valence-corrected chi connectivity index (χ3v) is 1.79. The van der Waals surface area contributed by atoms with Gasteiger partial charge in [0.15, 0.2) is 0 Å². The van der Waals surface area contributed by atoms with Gasteiger partial charge in [-0.15, -0.1) is 0 Å². The highest BCUT2D eigenvalue weighted by Gasteiger charge is 1.86. The van der Waals surface area contributed by atoms with E-state index in [2.05, 4.69) is 32.3 Å². The minimum absolute atomic E-state index is 1.07. The second-order valence-corrected chi connectivity index (χ2v) is 3.34. The van der Waals surface area contributed by atoms with Crippen molar-refractivity contribution < 1.29 is 0 Å². The maximum Gasteiger partial charge on any atom is 0.0269 e. The summed E-state index contributed by atoms with van der Waals surface area (Å²) in [6.07, 6.45) is 8.34. The van der Waals surface area contributed by atoms with Gasteiger partial charge in [0, 0.05) is 11.9 Å². The lowest BCUT2D eigenvalue weighted by atomic mass is 10.2. The fraction of sp³-hybridized carbons (Fsp3) is 0.583. The number of hydrogen-bond donors (Lipinski definition) is 0. The van der Waals surface area contributed by atoms with E-state index >= 15 is 0 Å². The van der Waals surface area contributed by atoms with Crippen LogP contribution in [0, 0.1) is 0 Å². The Morgan fingerprint density at radius 2 is 1.85 bits per heavy atom. The molecule has 0 saturated carbocycles. The molecule has 0 unspecified atom stereocenters. The summed E-state index contributed by atoms with van der Waals surface area (Å²) in [5, 5.41) is 0. The van der Waals surface area contributed by atoms with Crippen LogP contribution in [0.3, 0.4) is 0 Å². The van der Waals surface area contributed by atoms with Gasteiger partial charge in [0.25, 0.3) is 0 Å². The molecule has 0 saturated heterocycles. The zero-order valence-electron chi connectivity index (χ0n) is 9.14. The summed E-state index contributed by atoms with van der Waals surface area (Å²) in [6, 6.07) is 0. The maximum absolute atomic E-state index is 4.31. The largest absolute Gasteiger partial charge is 0.266 e. The Kier molecular flexibility index (Phi) is 7.27. The number of hydrogen-bond acceptors (Lipinski definition) is 1. The van der Waals surface area contributed by atoms with Crippen LogP contribution in [-0.4, -0.2) is 5.71 Å². The first-order chi connectivity index (χ1) is 6.20. The first-order valence-corrected chi connectivity index (χ1v) is 5.08. The Bertz CT molecular complexity index is 199. The Morgan fingerprint density at radius 3 is 2.38 bits per heavy atom. The van der Waals surface area contributed by atoms with Crippen LogP contribution < -0.4 is 0 Å². The van der Waals surface area contributed by atoms with E-state index in [1.807, 2.05) is 12.3 Å². The molecule has 0 aromatic rings. The molecule has 0 atom stereocenters. The van der Waals surface area contributed by atoms with Crippen LogP contribution in [0.15, 0.2) is 29.4 Å². The molecule has 0 bridgehead atoms. The Morgan fingerprint density at radius 1 is 1.23 bits per heavy atom. The average Bonchev–Trinajstić information content (AvgIpc) is 2.05. The molecule has 0 rings (SSSR count). The third kappa shape index (κ3) is 7.51. The van der Waals surface area contributed by atoms with E-state index in [4.69, 9.17) is 0 Å². The van der Waals surface area contributed by atoms with Crippen LogP contribution in [0.1, 0.15) is 46.5 Å². The normalized spacial score (nSPS) is 12.4. The number of rotatable bonds is 6. The van der Waals surface area contributed by atoms with E-state index < -0.39 is 0 Å². The molecule has 0 aliphatic heterocycles. The standard InChI is InChI=1S/C12H21N/c1-5-7-11(3)9-10-13-12(4)8-6-2/h9-10H,3,5-8H2,1-2,4H3/b10-9-,13-12?. The van der Waals surface area contributed by atoms with Crippen molar-refractivity contribution in [3.8, 4) is 0 Å². The zero-order valence-corrected chi connectivity index (χ0v) is 9.14. The molecule has 1 nitrogen and oxygen atoms in total. The summed E-state index contributed by atoms with van der Waals surface area (Å²) in [5.74, 6) is 0. The average molecular weight is 179 g/mol. The molecule has 0 fully saturated rings. The molecule has 0 spiro atoms. The van der Waals surface area contributed by atoms with Gasteiger partial charge in [-0.1, -0.05) is 38.8 Å². The predicted molar refractivity (Wildman–Crippen MR) is 61.2 cm³/mol. The van der Waals surface area contributed by atoms with E-state index in [1.165, 1.54) is 12.1 Å². The van der Waals surface area contributed by atoms with E-state index in [9.17, 15) is 0 Å². The van der Waals surface area contributed by atoms with Gasteiger partial charge < -0.3 is 0 Å². The third-order valence-electron chi connectivity index (χ3n) is 1.79. The van der Waals surface area contributed by atoms with Crippen molar-refractivity contribution in [1.29, 1.82) is 0 Å². The predicted octanol–water partition coefficient (Wildman–Crippen LogP) is 4.12. The summed E-state index contributed by atoms with van der Waals surface area (Å²) < 4.78 is 0. The lowest BCUT2D eigenvalue weighted by Crippen LogP contribution is -1.87. The zero-order chi connectivity index (χ0) is 10.1. The van der Waals surface area contributed by atoms with Gasteiger partial charge in [0.1, 0.15) is 0 Å². The molecular formula is C12H21N. The van der Waals surface area contributed by atoms with E-state index in [1.54, 1.807) is 0 Å². The molecule has 0 aliphatic carbocycles. The van der Waals surface area contributed by atoms with Crippen LogP contribution >= 0.6 is 0 Å². The monoisotopic (exact) mass is 179 g/mol. The van der Waals surface area contributed by atoms with Crippen molar-refractivity contribution in [3.63, 3.8) is 0 Å². The summed E-state index contributed by atoms with van der Waals surface area (Å²) in [7, 11) is 0. The quantitative estimate of drug-likeness (QED) is 0.429. The highest BCUT2D eigenvalue weighted by molar-refractivity contribution is 5.82. The van der Waals surface area contributed by atoms with Crippen LogP contribution in [0.4, 0.5) is 0 Å². The Hall–Kier alpha value is -0.850. The van der Waals surface area contributed by atoms with Crippen LogP contribution in [0.5, 0.6) is 0 Å². The van der Waals surface area contributed by atoms with Crippen molar-refractivity contribution in [2.45, 2.75) is 46.5 Å². The SMILES string of the molecule is C=C(/C=C\N=C(C)CCC)CCC. The van der Waals surface area contributed by atoms with Crippen molar-refractivity contribution in [2.24, 2.45) is 4.99 Å². The maximum atomic E-state index is 4.31. The van der Waals surface area contributed by atoms with Gasteiger partial charge in [0.05, 0.1) is 0 Å². The van der Waals surface area contributed by atoms with Crippen molar-refractivity contribution in [2.75, 3.05) is 0 Å². The Labute approximate surface area is 82.3 Å². The summed E-state index contributed by atoms with van der Waals surface area (Å²) in [6.45, 7) is 10.3. The Balaban J connectivity index is 3.84. The van der Waals surface area contributed by atoms with Crippen molar-refractivity contribution in [1.82, 2.24) is 0 Å². The molecule has 13 heavy (non-hydrogen) atoms. The molecule has 0 radical (unpaired) electrons. The second kappa shape index (κ2) is 7.78. The molecular weight excluding hydrogens is 158 g/mol. The lowest BCUT2D eigenvalue weighted by Gasteiger charge is -1.95. The highest BCUT2D eigenvalue weighted by atomic mass is 14.7. The van der Waals surface area contributed by atoms with Gasteiger partial charge in [-0.3, -0.25) is 4.99 Å². The smallest absolute Gasteiger partial charge is 0.0269 e. The van der Waals surface area contributed by atoms with Crippen molar-refractivity contribution >= 4 is 5.71 Å². The van der Waals surface area contributed by atoms with E-state index in [0.29, 0.717) is 0 Å². The van der Waals surface area contributed by atoms with Gasteiger partial charge in [-0.2, -0.15) is 0 Å². The fourth-order valence-electron chi connectivity index (χ4n) is 1.10. The molecule has 74 valence electrons. The van der Waals surface area contributed by atoms with E-state index in [-0.39, 0.29) is 0 Å². The first-order valence-electron chi connectivity index (χ1n) is 5.08. The molecule has 0 amide bonds. The van der Waals surface area contributed by atoms with Crippen LogP contribution in [-0.2, 0) is 0 Å². The van der Waals surface area contributed by atoms with Crippen LogP contribution in [0.2, 0.25) is 0 Å². The van der Waals surface area contributed by atoms with Gasteiger partial charge >= 0.3 is 0 Å². The fourth-order valence-corrected chi connectivity index (χ4v) is 1.10. The summed E-state index contributed by atoms with van der Waals surface area (Å²) >= 11 is 0. The first kappa shape index (κ1) is 12.2. The summed E-state index contributed by atoms with van der Waals surface area (Å²) in [5.41, 5.74) is 2.36. The number of aliphatic imine (C=N–C) groups is 1.